The molecule has 2 heterocycles. The highest BCUT2D eigenvalue weighted by Gasteiger charge is 2.35. The number of imide groups is 1. The van der Waals surface area contributed by atoms with Crippen molar-refractivity contribution >= 4 is 23.5 Å². The minimum atomic E-state index is -0.377. The van der Waals surface area contributed by atoms with Gasteiger partial charge < -0.3 is 5.32 Å². The maximum absolute atomic E-state index is 12.6. The minimum absolute atomic E-state index is 0.0149. The van der Waals surface area contributed by atoms with Crippen molar-refractivity contribution in [2.45, 2.75) is 13.3 Å². The number of aryl methyl sites for hydroxylation is 1. The second-order valence-electron chi connectivity index (χ2n) is 7.04. The number of nitrogens with zero attached hydrogens (tertiary/aromatic N) is 2. The number of carbonyl (C=O) groups excluding carboxylic acids is 3. The molecular weight excluding hydrogens is 366 g/mol. The van der Waals surface area contributed by atoms with Crippen LogP contribution in [0.15, 0.2) is 60.8 Å². The Morgan fingerprint density at radius 2 is 1.76 bits per heavy atom. The highest BCUT2D eigenvalue weighted by molar-refractivity contribution is 6.22. The van der Waals surface area contributed by atoms with Crippen LogP contribution in [0.3, 0.4) is 0 Å². The van der Waals surface area contributed by atoms with E-state index in [4.69, 9.17) is 0 Å². The van der Waals surface area contributed by atoms with E-state index < -0.39 is 0 Å². The number of amides is 3. The van der Waals surface area contributed by atoms with E-state index in [1.165, 1.54) is 7.05 Å². The lowest BCUT2D eigenvalue weighted by atomic mass is 9.97. The maximum atomic E-state index is 12.6. The van der Waals surface area contributed by atoms with Crippen LogP contribution in [0.4, 0.5) is 5.82 Å². The molecule has 0 spiro atoms. The minimum Gasteiger partial charge on any atom is -0.310 e. The van der Waals surface area contributed by atoms with E-state index in [1.807, 2.05) is 43.3 Å². The van der Waals surface area contributed by atoms with Crippen molar-refractivity contribution in [3.63, 3.8) is 0 Å². The molecule has 0 aliphatic carbocycles. The molecule has 3 aromatic rings. The molecule has 0 unspecified atom stereocenters. The molecule has 6 heteroatoms. The molecule has 1 aliphatic rings. The predicted molar refractivity (Wildman–Crippen MR) is 110 cm³/mol. The fraction of sp³-hybridized carbons (Fsp3) is 0.130. The number of benzene rings is 2. The number of hydrogen-bond acceptors (Lipinski definition) is 4. The summed E-state index contributed by atoms with van der Waals surface area (Å²) in [6.45, 7) is 1.83. The second kappa shape index (κ2) is 7.31. The van der Waals surface area contributed by atoms with Gasteiger partial charge in [0.25, 0.3) is 11.8 Å². The third-order valence-electron chi connectivity index (χ3n) is 4.91. The monoisotopic (exact) mass is 385 g/mol. The van der Waals surface area contributed by atoms with Crippen molar-refractivity contribution in [1.82, 2.24) is 9.88 Å². The highest BCUT2D eigenvalue weighted by atomic mass is 16.2. The number of hydrogen-bond donors (Lipinski definition) is 1. The number of pyridine rings is 1. The second-order valence-corrected chi connectivity index (χ2v) is 7.04. The van der Waals surface area contributed by atoms with Gasteiger partial charge in [-0.05, 0) is 41.8 Å². The molecule has 1 aromatic heterocycles. The summed E-state index contributed by atoms with van der Waals surface area (Å²) in [5, 5.41) is 2.76. The van der Waals surface area contributed by atoms with Crippen LogP contribution in [0.5, 0.6) is 0 Å². The van der Waals surface area contributed by atoms with Crippen LogP contribution in [0.25, 0.3) is 11.1 Å². The Morgan fingerprint density at radius 1 is 1.00 bits per heavy atom. The lowest BCUT2D eigenvalue weighted by Gasteiger charge is -2.09. The SMILES string of the molecule is Cc1cc(CC(=O)Nc2ccc(-c3ccccc3)cn2)c2c(c1)C(=O)N(C)C2=O. The molecule has 0 atom stereocenters. The van der Waals surface area contributed by atoms with Crippen LogP contribution in [0, 0.1) is 6.92 Å². The summed E-state index contributed by atoms with van der Waals surface area (Å²) in [5.41, 5.74) is 4.03. The summed E-state index contributed by atoms with van der Waals surface area (Å²) in [5.74, 6) is -0.585. The van der Waals surface area contributed by atoms with Crippen molar-refractivity contribution in [3.05, 3.63) is 83.0 Å². The molecule has 0 saturated carbocycles. The topological polar surface area (TPSA) is 79.4 Å². The van der Waals surface area contributed by atoms with Crippen molar-refractivity contribution in [2.75, 3.05) is 12.4 Å². The zero-order chi connectivity index (χ0) is 20.5. The highest BCUT2D eigenvalue weighted by Crippen LogP contribution is 2.27. The predicted octanol–water partition coefficient (Wildman–Crippen LogP) is 3.46. The Balaban J connectivity index is 1.52. The standard InChI is InChI=1S/C23H19N3O3/c1-14-10-17(21-18(11-14)22(28)26(2)23(21)29)12-20(27)25-19-9-8-16(13-24-19)15-6-4-3-5-7-15/h3-11,13H,12H2,1-2H3,(H,24,25,27). The van der Waals surface area contributed by atoms with E-state index in [-0.39, 0.29) is 24.1 Å². The number of anilines is 1. The van der Waals surface area contributed by atoms with E-state index in [9.17, 15) is 14.4 Å². The summed E-state index contributed by atoms with van der Waals surface area (Å²) in [7, 11) is 1.45. The van der Waals surface area contributed by atoms with Gasteiger partial charge in [-0.15, -0.1) is 0 Å². The van der Waals surface area contributed by atoms with Crippen LogP contribution in [0.2, 0.25) is 0 Å². The molecule has 0 fully saturated rings. The van der Waals surface area contributed by atoms with Gasteiger partial charge in [0.05, 0.1) is 17.5 Å². The Morgan fingerprint density at radius 3 is 2.45 bits per heavy atom. The number of rotatable bonds is 4. The van der Waals surface area contributed by atoms with Crippen LogP contribution in [-0.4, -0.2) is 34.7 Å². The largest absolute Gasteiger partial charge is 0.310 e. The van der Waals surface area contributed by atoms with Crippen LogP contribution >= 0.6 is 0 Å². The van der Waals surface area contributed by atoms with Gasteiger partial charge in [-0.1, -0.05) is 36.4 Å². The Hall–Kier alpha value is -3.80. The molecule has 4 rings (SSSR count). The molecule has 6 nitrogen and oxygen atoms in total. The summed E-state index contributed by atoms with van der Waals surface area (Å²) in [6, 6.07) is 16.9. The molecule has 144 valence electrons. The molecule has 29 heavy (non-hydrogen) atoms. The summed E-state index contributed by atoms with van der Waals surface area (Å²) >= 11 is 0. The lowest BCUT2D eigenvalue weighted by molar-refractivity contribution is -0.115. The fourth-order valence-corrected chi connectivity index (χ4v) is 3.49. The number of nitrogens with one attached hydrogen (secondary N) is 1. The van der Waals surface area contributed by atoms with E-state index in [2.05, 4.69) is 10.3 Å². The zero-order valence-electron chi connectivity index (χ0n) is 16.1. The van der Waals surface area contributed by atoms with E-state index in [0.717, 1.165) is 21.6 Å². The number of fused-ring (bicyclic) bond motifs is 1. The Bertz CT molecular complexity index is 1120. The third-order valence-corrected chi connectivity index (χ3v) is 4.91. The first kappa shape index (κ1) is 18.6. The molecule has 3 amide bonds. The van der Waals surface area contributed by atoms with Gasteiger partial charge in [0.2, 0.25) is 5.91 Å². The molecule has 0 radical (unpaired) electrons. The van der Waals surface area contributed by atoms with Crippen molar-refractivity contribution in [3.8, 4) is 11.1 Å². The first-order chi connectivity index (χ1) is 13.9. The molecule has 1 N–H and O–H groups in total. The summed E-state index contributed by atoms with van der Waals surface area (Å²) in [4.78, 5) is 42.6. The van der Waals surface area contributed by atoms with E-state index in [1.54, 1.807) is 24.4 Å². The Kier molecular flexibility index (Phi) is 4.68. The van der Waals surface area contributed by atoms with Crippen LogP contribution in [0.1, 0.15) is 31.8 Å². The van der Waals surface area contributed by atoms with Crippen molar-refractivity contribution in [1.29, 1.82) is 0 Å². The van der Waals surface area contributed by atoms with Gasteiger partial charge in [-0.25, -0.2) is 4.98 Å². The van der Waals surface area contributed by atoms with Gasteiger partial charge in [0.15, 0.2) is 0 Å². The van der Waals surface area contributed by atoms with Gasteiger partial charge in [-0.3, -0.25) is 19.3 Å². The van der Waals surface area contributed by atoms with Gasteiger partial charge in [-0.2, -0.15) is 0 Å². The fourth-order valence-electron chi connectivity index (χ4n) is 3.49. The summed E-state index contributed by atoms with van der Waals surface area (Å²) < 4.78 is 0. The normalized spacial score (nSPS) is 12.8. The average Bonchev–Trinajstić information content (AvgIpc) is 2.93. The molecule has 0 saturated heterocycles. The van der Waals surface area contributed by atoms with Gasteiger partial charge in [0.1, 0.15) is 5.82 Å². The molecule has 0 bridgehead atoms. The molecule has 2 aromatic carbocycles. The third kappa shape index (κ3) is 3.52. The average molecular weight is 385 g/mol. The maximum Gasteiger partial charge on any atom is 0.261 e. The van der Waals surface area contributed by atoms with E-state index in [0.29, 0.717) is 22.5 Å². The van der Waals surface area contributed by atoms with Crippen molar-refractivity contribution < 1.29 is 14.4 Å². The number of aromatic nitrogens is 1. The summed E-state index contributed by atoms with van der Waals surface area (Å²) in [6.07, 6.45) is 1.69. The van der Waals surface area contributed by atoms with Crippen molar-refractivity contribution in [2.24, 2.45) is 0 Å². The van der Waals surface area contributed by atoms with Gasteiger partial charge >= 0.3 is 0 Å². The first-order valence-electron chi connectivity index (χ1n) is 9.21. The molecule has 1 aliphatic heterocycles. The van der Waals surface area contributed by atoms with Gasteiger partial charge in [0, 0.05) is 18.8 Å². The van der Waals surface area contributed by atoms with Crippen LogP contribution in [-0.2, 0) is 11.2 Å². The zero-order valence-corrected chi connectivity index (χ0v) is 16.1. The lowest BCUT2D eigenvalue weighted by Crippen LogP contribution is -2.24. The first-order valence-corrected chi connectivity index (χ1v) is 9.21. The Labute approximate surface area is 168 Å². The van der Waals surface area contributed by atoms with Crippen LogP contribution < -0.4 is 5.32 Å². The quantitative estimate of drug-likeness (QED) is 0.698. The van der Waals surface area contributed by atoms with E-state index >= 15 is 0 Å². The molecular formula is C23H19N3O3. The number of carbonyl (C=O) groups is 3. The smallest absolute Gasteiger partial charge is 0.261 e.